The van der Waals surface area contributed by atoms with Crippen molar-refractivity contribution in [2.45, 2.75) is 94.6 Å². The van der Waals surface area contributed by atoms with Crippen molar-refractivity contribution in [1.29, 1.82) is 0 Å². The van der Waals surface area contributed by atoms with Crippen LogP contribution in [0.5, 0.6) is 0 Å². The van der Waals surface area contributed by atoms with Crippen LogP contribution in [0.2, 0.25) is 0 Å². The quantitative estimate of drug-likeness (QED) is 0.431. The van der Waals surface area contributed by atoms with E-state index in [0.29, 0.717) is 3.67 Å². The maximum absolute atomic E-state index is 2.62. The van der Waals surface area contributed by atoms with Crippen molar-refractivity contribution >= 4 is 3.26 Å². The fourth-order valence-electron chi connectivity index (χ4n) is 6.02. The van der Waals surface area contributed by atoms with E-state index < -0.39 is 21.0 Å². The molecule has 0 spiro atoms. The summed E-state index contributed by atoms with van der Waals surface area (Å²) in [5.74, 6) is 0. The molecule has 0 atom stereocenters. The summed E-state index contributed by atoms with van der Waals surface area (Å²) < 4.78 is 4.53. The van der Waals surface area contributed by atoms with Gasteiger partial charge in [0.15, 0.2) is 0 Å². The van der Waals surface area contributed by atoms with Crippen LogP contribution in [-0.4, -0.2) is 3.26 Å². The second kappa shape index (κ2) is 10.9. The van der Waals surface area contributed by atoms with Crippen molar-refractivity contribution in [2.24, 2.45) is 0 Å². The summed E-state index contributed by atoms with van der Waals surface area (Å²) in [4.78, 5) is 0. The number of hydrogen-bond acceptors (Lipinski definition) is 0. The van der Waals surface area contributed by atoms with Gasteiger partial charge < -0.3 is 24.8 Å². The maximum Gasteiger partial charge on any atom is -1.00 e. The van der Waals surface area contributed by atoms with Gasteiger partial charge in [-0.3, -0.25) is 0 Å². The predicted octanol–water partition coefficient (Wildman–Crippen LogP) is 2.96. The zero-order valence-electron chi connectivity index (χ0n) is 22.3. The molecule has 0 N–H and O–H groups in total. The number of rotatable bonds is 2. The largest absolute Gasteiger partial charge is 1.00 e. The second-order valence-corrected chi connectivity index (χ2v) is 22.3. The van der Waals surface area contributed by atoms with Crippen LogP contribution in [0.1, 0.15) is 106 Å². The molecular formula is C32H40Cl2Hf. The topological polar surface area (TPSA) is 0 Å². The molecule has 0 unspecified atom stereocenters. The molecule has 0 amide bonds. The molecule has 0 radical (unpaired) electrons. The molecule has 0 aromatic heterocycles. The zero-order valence-corrected chi connectivity index (χ0v) is 27.4. The average Bonchev–Trinajstić information content (AvgIpc) is 3.40. The first-order chi connectivity index (χ1) is 15.6. The SMILES string of the molecule is CC(C)(C)c1ccc2c(c1)[CH]([Hf+2]([C]1=CC=CC1)=[C]1CCCCC1)c1cc(C(C)(C)C)ccc1-2.[Cl-].[Cl-]. The van der Waals surface area contributed by atoms with Gasteiger partial charge in [-0.15, -0.1) is 0 Å². The van der Waals surface area contributed by atoms with Gasteiger partial charge >= 0.3 is 210 Å². The first-order valence-corrected chi connectivity index (χ1v) is 18.7. The number of allylic oxidation sites excluding steroid dienone is 4. The molecular weight excluding hydrogens is 634 g/mol. The van der Waals surface area contributed by atoms with Crippen LogP contribution in [0.15, 0.2) is 58.0 Å². The van der Waals surface area contributed by atoms with E-state index in [1.165, 1.54) is 60.8 Å². The molecule has 5 rings (SSSR count). The second-order valence-electron chi connectivity index (χ2n) is 12.4. The van der Waals surface area contributed by atoms with Crippen molar-refractivity contribution in [3.8, 4) is 11.1 Å². The molecule has 2 aromatic rings. The number of hydrogen-bond donors (Lipinski definition) is 0. The summed E-state index contributed by atoms with van der Waals surface area (Å²) in [5, 5.41) is 0. The van der Waals surface area contributed by atoms with E-state index in [0.717, 1.165) is 0 Å². The van der Waals surface area contributed by atoms with E-state index >= 15 is 0 Å². The molecule has 0 bridgehead atoms. The summed E-state index contributed by atoms with van der Waals surface area (Å²) in [6, 6.07) is 15.0. The van der Waals surface area contributed by atoms with Crippen LogP contribution in [0.3, 0.4) is 0 Å². The van der Waals surface area contributed by atoms with E-state index in [9.17, 15) is 0 Å². The Labute approximate surface area is 233 Å². The van der Waals surface area contributed by atoms with Crippen LogP contribution in [0.4, 0.5) is 0 Å². The summed E-state index contributed by atoms with van der Waals surface area (Å²) in [6.07, 6.45) is 15.6. The smallest absolute Gasteiger partial charge is 1.00 e. The Bertz CT molecular complexity index is 1110. The molecule has 1 saturated carbocycles. The minimum atomic E-state index is -2.32. The van der Waals surface area contributed by atoms with Gasteiger partial charge in [-0.05, 0) is 0 Å². The van der Waals surface area contributed by atoms with E-state index in [-0.39, 0.29) is 35.6 Å². The van der Waals surface area contributed by atoms with Crippen molar-refractivity contribution in [2.75, 3.05) is 0 Å². The molecule has 0 aliphatic heterocycles. The molecule has 0 heterocycles. The van der Waals surface area contributed by atoms with Gasteiger partial charge in [-0.25, -0.2) is 0 Å². The van der Waals surface area contributed by atoms with Crippen molar-refractivity contribution in [1.82, 2.24) is 0 Å². The average molecular weight is 674 g/mol. The van der Waals surface area contributed by atoms with Crippen molar-refractivity contribution in [3.63, 3.8) is 0 Å². The third kappa shape index (κ3) is 5.58. The van der Waals surface area contributed by atoms with E-state index in [1.54, 1.807) is 11.1 Å². The van der Waals surface area contributed by atoms with Crippen LogP contribution >= 0.6 is 0 Å². The van der Waals surface area contributed by atoms with Gasteiger partial charge in [-0.1, -0.05) is 0 Å². The monoisotopic (exact) mass is 674 g/mol. The minimum absolute atomic E-state index is 0. The Balaban J connectivity index is 0.00000171. The normalized spacial score (nSPS) is 17.1. The van der Waals surface area contributed by atoms with E-state index in [2.05, 4.69) is 96.2 Å². The Hall–Kier alpha value is -0.760. The molecule has 3 aliphatic rings. The van der Waals surface area contributed by atoms with Gasteiger partial charge in [0.05, 0.1) is 0 Å². The Morgan fingerprint density at radius 3 is 1.66 bits per heavy atom. The van der Waals surface area contributed by atoms with Crippen molar-refractivity contribution < 1.29 is 45.8 Å². The molecule has 35 heavy (non-hydrogen) atoms. The first-order valence-electron chi connectivity index (χ1n) is 13.0. The fourth-order valence-corrected chi connectivity index (χ4v) is 19.8. The predicted molar refractivity (Wildman–Crippen MR) is 141 cm³/mol. The van der Waals surface area contributed by atoms with Crippen LogP contribution < -0.4 is 24.8 Å². The van der Waals surface area contributed by atoms with E-state index in [1.807, 2.05) is 6.58 Å². The number of halogens is 2. The third-order valence-electron chi connectivity index (χ3n) is 7.99. The summed E-state index contributed by atoms with van der Waals surface area (Å²) >= 11 is -2.32. The Morgan fingerprint density at radius 1 is 0.714 bits per heavy atom. The molecule has 186 valence electrons. The maximum atomic E-state index is 2.62. The van der Waals surface area contributed by atoms with Gasteiger partial charge in [0.25, 0.3) is 0 Å². The summed E-state index contributed by atoms with van der Waals surface area (Å²) in [7, 11) is 0. The van der Waals surface area contributed by atoms with Crippen LogP contribution in [0.25, 0.3) is 11.1 Å². The fraction of sp³-hybridized carbons (Fsp3) is 0.469. The molecule has 2 aromatic carbocycles. The van der Waals surface area contributed by atoms with Gasteiger partial charge in [0, 0.05) is 0 Å². The molecule has 3 aliphatic carbocycles. The summed E-state index contributed by atoms with van der Waals surface area (Å²) in [5.41, 5.74) is 9.72. The molecule has 0 nitrogen and oxygen atoms in total. The molecule has 0 saturated heterocycles. The Morgan fingerprint density at radius 2 is 1.23 bits per heavy atom. The standard InChI is InChI=1S/C21H25.C6H10.C5H5.2ClH.Hf/c1-20(2,3)16-7-9-18-14(12-16)11-15-13-17(21(4,5)6)8-10-19(15)18;1-2-4-6-5-3-1;1-2-4-5-3-1;;;/h7-13H,1-6H3;1-5H2;1-3H,4H2;2*1H;/q;;;;;+2/p-2. The van der Waals surface area contributed by atoms with Gasteiger partial charge in [0.1, 0.15) is 0 Å². The summed E-state index contributed by atoms with van der Waals surface area (Å²) in [6.45, 7) is 14.2. The van der Waals surface area contributed by atoms with Crippen LogP contribution in [0, 0.1) is 0 Å². The van der Waals surface area contributed by atoms with Crippen molar-refractivity contribution in [3.05, 3.63) is 80.2 Å². The third-order valence-corrected chi connectivity index (χ3v) is 20.7. The van der Waals surface area contributed by atoms with Crippen LogP contribution in [-0.2, 0) is 31.8 Å². The van der Waals surface area contributed by atoms with E-state index in [4.69, 9.17) is 0 Å². The zero-order chi connectivity index (χ0) is 23.4. The number of benzene rings is 2. The van der Waals surface area contributed by atoms with Gasteiger partial charge in [0.2, 0.25) is 0 Å². The van der Waals surface area contributed by atoms with Gasteiger partial charge in [-0.2, -0.15) is 0 Å². The number of fused-ring (bicyclic) bond motifs is 3. The minimum Gasteiger partial charge on any atom is -1.00 e. The Kier molecular flexibility index (Phi) is 8.99. The first kappa shape index (κ1) is 28.8. The molecule has 3 heteroatoms. The molecule has 1 fully saturated rings.